The molecule has 3 heteroatoms. The first-order valence-corrected chi connectivity index (χ1v) is 11.6. The molecule has 0 aromatic heterocycles. The molecule has 2 aromatic carbocycles. The molecule has 0 saturated carbocycles. The molecular formula is C22H29BS2. The van der Waals surface area contributed by atoms with Crippen LogP contribution in [0.15, 0.2) is 54.6 Å². The molecule has 0 spiro atoms. The summed E-state index contributed by atoms with van der Waals surface area (Å²) in [5.41, 5.74) is 3.65. The molecule has 1 atom stereocenters. The number of benzene rings is 2. The van der Waals surface area contributed by atoms with Gasteiger partial charge >= 0.3 is 0 Å². The topological polar surface area (TPSA) is 0 Å². The van der Waals surface area contributed by atoms with Crippen LogP contribution in [0.4, 0.5) is 0 Å². The number of hydrogen-bond donors (Lipinski definition) is 0. The lowest BCUT2D eigenvalue weighted by Crippen LogP contribution is -2.06. The van der Waals surface area contributed by atoms with Crippen LogP contribution in [-0.2, 0) is 11.5 Å². The molecule has 0 saturated heterocycles. The molecule has 0 amide bonds. The van der Waals surface area contributed by atoms with E-state index in [-0.39, 0.29) is 0 Å². The monoisotopic (exact) mass is 368 g/mol. The standard InChI is InChI=1S/C22H29BS2/c1-2-3-5-13-22(25-18-19-9-6-4-7-10-19)14-15-24-17-20-11-8-12-21(23)16-20/h4,6-12,16,22H,2-3,5,13-15,17-18H2,1H3. The van der Waals surface area contributed by atoms with E-state index in [4.69, 9.17) is 7.85 Å². The Kier molecular flexibility index (Phi) is 10.3. The van der Waals surface area contributed by atoms with E-state index in [0.29, 0.717) is 0 Å². The second-order valence-electron chi connectivity index (χ2n) is 6.50. The summed E-state index contributed by atoms with van der Waals surface area (Å²) in [6.45, 7) is 2.29. The third-order valence-electron chi connectivity index (χ3n) is 4.26. The van der Waals surface area contributed by atoms with Crippen molar-refractivity contribution < 1.29 is 0 Å². The fourth-order valence-electron chi connectivity index (χ4n) is 2.81. The Balaban J connectivity index is 1.72. The predicted octanol–water partition coefficient (Wildman–Crippen LogP) is 5.99. The molecule has 0 aliphatic rings. The average molecular weight is 368 g/mol. The summed E-state index contributed by atoms with van der Waals surface area (Å²) in [7, 11) is 5.86. The van der Waals surface area contributed by atoms with Crippen molar-refractivity contribution in [3.63, 3.8) is 0 Å². The van der Waals surface area contributed by atoms with Gasteiger partial charge in [0.05, 0.1) is 0 Å². The molecule has 2 radical (unpaired) electrons. The van der Waals surface area contributed by atoms with E-state index in [2.05, 4.69) is 67.2 Å². The van der Waals surface area contributed by atoms with Crippen molar-refractivity contribution in [1.82, 2.24) is 0 Å². The van der Waals surface area contributed by atoms with Crippen LogP contribution in [0.3, 0.4) is 0 Å². The first kappa shape index (κ1) is 20.5. The van der Waals surface area contributed by atoms with Crippen molar-refractivity contribution in [3.05, 3.63) is 65.7 Å². The molecule has 25 heavy (non-hydrogen) atoms. The quantitative estimate of drug-likeness (QED) is 0.334. The first-order chi connectivity index (χ1) is 12.3. The largest absolute Gasteiger partial charge is 0.157 e. The Hall–Kier alpha value is -0.795. The van der Waals surface area contributed by atoms with E-state index in [1.807, 2.05) is 17.8 Å². The van der Waals surface area contributed by atoms with Crippen LogP contribution in [0.5, 0.6) is 0 Å². The molecule has 2 aromatic rings. The Morgan fingerprint density at radius 3 is 2.44 bits per heavy atom. The Labute approximate surface area is 164 Å². The lowest BCUT2D eigenvalue weighted by atomic mass is 9.95. The lowest BCUT2D eigenvalue weighted by Gasteiger charge is -2.16. The van der Waals surface area contributed by atoms with E-state index < -0.39 is 0 Å². The number of thioether (sulfide) groups is 2. The molecular weight excluding hydrogens is 339 g/mol. The molecule has 1 unspecified atom stereocenters. The number of rotatable bonds is 12. The average Bonchev–Trinajstić information content (AvgIpc) is 2.63. The Bertz CT molecular complexity index is 586. The molecule has 0 fully saturated rings. The van der Waals surface area contributed by atoms with E-state index in [0.717, 1.165) is 22.2 Å². The zero-order valence-corrected chi connectivity index (χ0v) is 17.0. The van der Waals surface area contributed by atoms with Gasteiger partial charge in [-0.05, 0) is 29.7 Å². The second-order valence-corrected chi connectivity index (χ2v) is 8.89. The molecule has 0 nitrogen and oxygen atoms in total. The fourth-order valence-corrected chi connectivity index (χ4v) is 5.21. The van der Waals surface area contributed by atoms with Crippen molar-refractivity contribution in [2.75, 3.05) is 5.75 Å². The van der Waals surface area contributed by atoms with Gasteiger partial charge in [0.1, 0.15) is 7.85 Å². The molecule has 0 heterocycles. The minimum absolute atomic E-state index is 0.778. The van der Waals surface area contributed by atoms with Gasteiger partial charge < -0.3 is 0 Å². The van der Waals surface area contributed by atoms with Crippen molar-refractivity contribution in [1.29, 1.82) is 0 Å². The second kappa shape index (κ2) is 12.5. The molecule has 0 aliphatic heterocycles. The molecule has 0 aliphatic carbocycles. The molecule has 2 rings (SSSR count). The van der Waals surface area contributed by atoms with Gasteiger partial charge in [-0.1, -0.05) is 86.2 Å². The third kappa shape index (κ3) is 8.92. The van der Waals surface area contributed by atoms with Gasteiger partial charge in [-0.15, -0.1) is 0 Å². The highest BCUT2D eigenvalue weighted by Gasteiger charge is 2.09. The fraction of sp³-hybridized carbons (Fsp3) is 0.455. The molecule has 0 bridgehead atoms. The summed E-state index contributed by atoms with van der Waals surface area (Å²) in [6, 6.07) is 19.1. The highest BCUT2D eigenvalue weighted by molar-refractivity contribution is 7.99. The Morgan fingerprint density at radius 1 is 0.880 bits per heavy atom. The highest BCUT2D eigenvalue weighted by atomic mass is 32.2. The van der Waals surface area contributed by atoms with Crippen LogP contribution in [0.1, 0.15) is 50.2 Å². The van der Waals surface area contributed by atoms with Crippen LogP contribution < -0.4 is 5.46 Å². The summed E-state index contributed by atoms with van der Waals surface area (Å²) in [6.07, 6.45) is 6.68. The van der Waals surface area contributed by atoms with Gasteiger partial charge in [-0.25, -0.2) is 0 Å². The predicted molar refractivity (Wildman–Crippen MR) is 118 cm³/mol. The van der Waals surface area contributed by atoms with Gasteiger partial charge in [0.2, 0.25) is 0 Å². The zero-order valence-electron chi connectivity index (χ0n) is 15.3. The van der Waals surface area contributed by atoms with Crippen molar-refractivity contribution >= 4 is 36.8 Å². The van der Waals surface area contributed by atoms with Crippen molar-refractivity contribution in [2.24, 2.45) is 0 Å². The van der Waals surface area contributed by atoms with Crippen LogP contribution in [0.25, 0.3) is 0 Å². The molecule has 0 N–H and O–H groups in total. The van der Waals surface area contributed by atoms with Crippen LogP contribution in [-0.4, -0.2) is 18.8 Å². The maximum Gasteiger partial charge on any atom is 0.113 e. The normalized spacial score (nSPS) is 12.2. The minimum atomic E-state index is 0.778. The van der Waals surface area contributed by atoms with E-state index in [9.17, 15) is 0 Å². The van der Waals surface area contributed by atoms with Crippen molar-refractivity contribution in [3.8, 4) is 0 Å². The summed E-state index contributed by atoms with van der Waals surface area (Å²) >= 11 is 4.18. The maximum atomic E-state index is 5.86. The van der Waals surface area contributed by atoms with Gasteiger partial charge in [-0.2, -0.15) is 23.5 Å². The smallest absolute Gasteiger partial charge is 0.113 e. The SMILES string of the molecule is [B]c1cccc(CSCCC(CCCCC)SCc2ccccc2)c1. The summed E-state index contributed by atoms with van der Waals surface area (Å²) < 4.78 is 0. The van der Waals surface area contributed by atoms with Gasteiger partial charge in [0.15, 0.2) is 0 Å². The van der Waals surface area contributed by atoms with Crippen LogP contribution in [0.2, 0.25) is 0 Å². The lowest BCUT2D eigenvalue weighted by molar-refractivity contribution is 0.637. The first-order valence-electron chi connectivity index (χ1n) is 9.35. The summed E-state index contributed by atoms with van der Waals surface area (Å²) in [4.78, 5) is 0. The third-order valence-corrected chi connectivity index (χ3v) is 6.77. The number of hydrogen-bond acceptors (Lipinski definition) is 2. The van der Waals surface area contributed by atoms with Gasteiger partial charge in [0, 0.05) is 16.8 Å². The zero-order chi connectivity index (χ0) is 17.7. The summed E-state index contributed by atoms with van der Waals surface area (Å²) in [5, 5.41) is 0.778. The maximum absolute atomic E-state index is 5.86. The van der Waals surface area contributed by atoms with Crippen LogP contribution in [0, 0.1) is 0 Å². The summed E-state index contributed by atoms with van der Waals surface area (Å²) in [5.74, 6) is 3.43. The number of unbranched alkanes of at least 4 members (excludes halogenated alkanes) is 2. The van der Waals surface area contributed by atoms with Crippen molar-refractivity contribution in [2.45, 2.75) is 55.8 Å². The van der Waals surface area contributed by atoms with E-state index in [1.54, 1.807) is 0 Å². The minimum Gasteiger partial charge on any atom is -0.157 e. The van der Waals surface area contributed by atoms with Gasteiger partial charge in [-0.3, -0.25) is 0 Å². The molecule has 132 valence electrons. The Morgan fingerprint density at radius 2 is 1.68 bits per heavy atom. The van der Waals surface area contributed by atoms with Crippen LogP contribution >= 0.6 is 23.5 Å². The van der Waals surface area contributed by atoms with E-state index >= 15 is 0 Å². The highest BCUT2D eigenvalue weighted by Crippen LogP contribution is 2.27. The van der Waals surface area contributed by atoms with E-state index in [1.165, 1.54) is 49.0 Å². The van der Waals surface area contributed by atoms with Gasteiger partial charge in [0.25, 0.3) is 0 Å².